The number of fused-ring (bicyclic) bond motifs is 1. The van der Waals surface area contributed by atoms with E-state index in [0.717, 1.165) is 78.2 Å². The van der Waals surface area contributed by atoms with E-state index >= 15 is 0 Å². The van der Waals surface area contributed by atoms with Gasteiger partial charge in [-0.05, 0) is 29.3 Å². The highest BCUT2D eigenvalue weighted by Gasteiger charge is 2.11. The van der Waals surface area contributed by atoms with Gasteiger partial charge >= 0.3 is 0 Å². The Morgan fingerprint density at radius 1 is 0.833 bits per heavy atom. The molecule has 182 valence electrons. The first-order valence-electron chi connectivity index (χ1n) is 12.2. The van der Waals surface area contributed by atoms with Gasteiger partial charge in [-0.2, -0.15) is 10.2 Å². The van der Waals surface area contributed by atoms with Gasteiger partial charge in [0, 0.05) is 67.5 Å². The summed E-state index contributed by atoms with van der Waals surface area (Å²) in [4.78, 5) is 11.7. The van der Waals surface area contributed by atoms with E-state index in [0.29, 0.717) is 5.95 Å². The molecule has 1 fully saturated rings. The van der Waals surface area contributed by atoms with Crippen molar-refractivity contribution in [2.75, 3.05) is 38.2 Å². The van der Waals surface area contributed by atoms with Crippen LogP contribution in [-0.4, -0.2) is 67.3 Å². The second-order valence-electron chi connectivity index (χ2n) is 9.02. The number of hydrogen-bond acceptors (Lipinski definition) is 7. The smallest absolute Gasteiger partial charge is 0.227 e. The van der Waals surface area contributed by atoms with Crippen molar-refractivity contribution in [3.05, 3.63) is 73.4 Å². The lowest BCUT2D eigenvalue weighted by Gasteiger charge is -2.26. The molecule has 0 atom stereocenters. The van der Waals surface area contributed by atoms with Crippen LogP contribution < -0.4 is 5.32 Å². The molecular formula is C27H28N8O. The fourth-order valence-electron chi connectivity index (χ4n) is 4.41. The number of benzene rings is 2. The number of ether oxygens (including phenoxy) is 1. The molecule has 1 N–H and O–H groups in total. The van der Waals surface area contributed by atoms with E-state index in [2.05, 4.69) is 61.9 Å². The molecule has 36 heavy (non-hydrogen) atoms. The minimum absolute atomic E-state index is 0.565. The van der Waals surface area contributed by atoms with Gasteiger partial charge in [0.2, 0.25) is 5.95 Å². The summed E-state index contributed by atoms with van der Waals surface area (Å²) in [5, 5.41) is 13.1. The Kier molecular flexibility index (Phi) is 6.15. The van der Waals surface area contributed by atoms with Crippen LogP contribution in [0.1, 0.15) is 0 Å². The maximum atomic E-state index is 5.43. The topological polar surface area (TPSA) is 85.9 Å². The maximum Gasteiger partial charge on any atom is 0.227 e. The molecule has 0 amide bonds. The van der Waals surface area contributed by atoms with E-state index in [1.165, 1.54) is 0 Å². The number of anilines is 2. The van der Waals surface area contributed by atoms with Crippen molar-refractivity contribution in [1.29, 1.82) is 0 Å². The number of nitrogens with zero attached hydrogens (tertiary/aromatic N) is 7. The summed E-state index contributed by atoms with van der Waals surface area (Å²) in [5.74, 6) is 0.565. The van der Waals surface area contributed by atoms with Gasteiger partial charge in [-0.1, -0.05) is 24.3 Å². The highest BCUT2D eigenvalue weighted by atomic mass is 16.5. The Bertz CT molecular complexity index is 1470. The average Bonchev–Trinajstić information content (AvgIpc) is 3.57. The summed E-state index contributed by atoms with van der Waals surface area (Å²) < 4.78 is 9.24. The molecule has 0 unspecified atom stereocenters. The van der Waals surface area contributed by atoms with Crippen LogP contribution in [0, 0.1) is 0 Å². The second kappa shape index (κ2) is 9.88. The van der Waals surface area contributed by atoms with Gasteiger partial charge in [-0.15, -0.1) is 0 Å². The van der Waals surface area contributed by atoms with E-state index in [-0.39, 0.29) is 0 Å². The van der Waals surface area contributed by atoms with Crippen LogP contribution in [-0.2, 0) is 18.3 Å². The van der Waals surface area contributed by atoms with E-state index in [4.69, 9.17) is 9.72 Å². The first-order chi connectivity index (χ1) is 17.7. The van der Waals surface area contributed by atoms with Crippen molar-refractivity contribution < 1.29 is 4.74 Å². The van der Waals surface area contributed by atoms with Crippen LogP contribution >= 0.6 is 0 Å². The van der Waals surface area contributed by atoms with Crippen LogP contribution in [0.25, 0.3) is 33.2 Å². The standard InChI is InChI=1S/C27H28N8O/c1-33-18-23(16-29-33)20-4-6-25(7-5-20)31-27-28-15-22-3-2-21(14-26(22)32-27)24-17-30-35(19-24)9-8-34-10-12-36-13-11-34/h2-7,14-19H,8-13H2,1H3,(H,28,31,32). The Morgan fingerprint density at radius 2 is 1.61 bits per heavy atom. The molecule has 1 aliphatic heterocycles. The number of aryl methyl sites for hydroxylation is 1. The van der Waals surface area contributed by atoms with Gasteiger partial charge in [0.05, 0.1) is 37.7 Å². The predicted molar refractivity (Wildman–Crippen MR) is 140 cm³/mol. The summed E-state index contributed by atoms with van der Waals surface area (Å²) in [6.45, 7) is 5.46. The molecule has 9 nitrogen and oxygen atoms in total. The molecule has 6 rings (SSSR count). The molecule has 1 aliphatic rings. The molecule has 1 saturated heterocycles. The highest BCUT2D eigenvalue weighted by molar-refractivity contribution is 5.84. The van der Waals surface area contributed by atoms with E-state index in [1.54, 1.807) is 4.68 Å². The first kappa shape index (κ1) is 22.4. The third-order valence-corrected chi connectivity index (χ3v) is 6.48. The zero-order valence-corrected chi connectivity index (χ0v) is 20.2. The lowest BCUT2D eigenvalue weighted by Crippen LogP contribution is -2.38. The van der Waals surface area contributed by atoms with Crippen molar-refractivity contribution in [2.24, 2.45) is 7.05 Å². The van der Waals surface area contributed by atoms with Gasteiger partial charge in [0.15, 0.2) is 0 Å². The van der Waals surface area contributed by atoms with Crippen molar-refractivity contribution in [3.8, 4) is 22.3 Å². The van der Waals surface area contributed by atoms with Gasteiger partial charge in [0.1, 0.15) is 0 Å². The van der Waals surface area contributed by atoms with E-state index in [9.17, 15) is 0 Å². The van der Waals surface area contributed by atoms with Crippen molar-refractivity contribution >= 4 is 22.5 Å². The molecule has 0 radical (unpaired) electrons. The number of rotatable bonds is 7. The maximum absolute atomic E-state index is 5.43. The quantitative estimate of drug-likeness (QED) is 0.377. The summed E-state index contributed by atoms with van der Waals surface area (Å²) in [6, 6.07) is 14.4. The third-order valence-electron chi connectivity index (χ3n) is 6.48. The SMILES string of the molecule is Cn1cc(-c2ccc(Nc3ncc4ccc(-c5cnn(CCN6CCOCC6)c5)cc4n3)cc2)cn1. The van der Waals surface area contributed by atoms with Gasteiger partial charge in [0.25, 0.3) is 0 Å². The number of morpholine rings is 1. The number of hydrogen-bond donors (Lipinski definition) is 1. The highest BCUT2D eigenvalue weighted by Crippen LogP contribution is 2.25. The monoisotopic (exact) mass is 480 g/mol. The lowest BCUT2D eigenvalue weighted by molar-refractivity contribution is 0.0360. The van der Waals surface area contributed by atoms with Gasteiger partial charge in [-0.25, -0.2) is 9.97 Å². The molecule has 2 aromatic carbocycles. The zero-order valence-electron chi connectivity index (χ0n) is 20.2. The molecule has 3 aromatic heterocycles. The van der Waals surface area contributed by atoms with E-state index in [1.807, 2.05) is 48.6 Å². The average molecular weight is 481 g/mol. The molecule has 5 aromatic rings. The third kappa shape index (κ3) is 4.98. The molecule has 4 heterocycles. The summed E-state index contributed by atoms with van der Waals surface area (Å²) in [5.41, 5.74) is 6.19. The fraction of sp³-hybridized carbons (Fsp3) is 0.259. The largest absolute Gasteiger partial charge is 0.379 e. The Balaban J connectivity index is 1.16. The molecule has 9 heteroatoms. The molecule has 0 aliphatic carbocycles. The predicted octanol–water partition coefficient (Wildman–Crippen LogP) is 3.97. The number of nitrogens with one attached hydrogen (secondary N) is 1. The Morgan fingerprint density at radius 3 is 2.42 bits per heavy atom. The zero-order chi connectivity index (χ0) is 24.3. The van der Waals surface area contributed by atoms with Crippen LogP contribution in [0.5, 0.6) is 0 Å². The van der Waals surface area contributed by atoms with Crippen LogP contribution in [0.15, 0.2) is 73.4 Å². The first-order valence-corrected chi connectivity index (χ1v) is 12.2. The number of aromatic nitrogens is 6. The van der Waals surface area contributed by atoms with Crippen LogP contribution in [0.2, 0.25) is 0 Å². The molecule has 0 spiro atoms. The van der Waals surface area contributed by atoms with Crippen LogP contribution in [0.3, 0.4) is 0 Å². The van der Waals surface area contributed by atoms with Crippen LogP contribution in [0.4, 0.5) is 11.6 Å². The lowest BCUT2D eigenvalue weighted by atomic mass is 10.1. The fourth-order valence-corrected chi connectivity index (χ4v) is 4.41. The molecular weight excluding hydrogens is 452 g/mol. The minimum atomic E-state index is 0.565. The summed E-state index contributed by atoms with van der Waals surface area (Å²) >= 11 is 0. The van der Waals surface area contributed by atoms with E-state index < -0.39 is 0 Å². The van der Waals surface area contributed by atoms with Gasteiger partial charge < -0.3 is 10.1 Å². The second-order valence-corrected chi connectivity index (χ2v) is 9.02. The van der Waals surface area contributed by atoms with Crippen molar-refractivity contribution in [2.45, 2.75) is 6.54 Å². The summed E-state index contributed by atoms with van der Waals surface area (Å²) in [7, 11) is 1.92. The van der Waals surface area contributed by atoms with Crippen molar-refractivity contribution in [3.63, 3.8) is 0 Å². The normalized spacial score (nSPS) is 14.4. The molecule has 0 bridgehead atoms. The minimum Gasteiger partial charge on any atom is -0.379 e. The van der Waals surface area contributed by atoms with Gasteiger partial charge in [-0.3, -0.25) is 14.3 Å². The van der Waals surface area contributed by atoms with Crippen molar-refractivity contribution in [1.82, 2.24) is 34.4 Å². The molecule has 0 saturated carbocycles. The Labute approximate surface area is 209 Å². The summed E-state index contributed by atoms with van der Waals surface area (Å²) in [6.07, 6.45) is 9.74. The Hall–Kier alpha value is -4.08.